The van der Waals surface area contributed by atoms with E-state index in [-0.39, 0.29) is 0 Å². The number of fused-ring (bicyclic) bond motifs is 1. The molecule has 0 aliphatic rings. The summed E-state index contributed by atoms with van der Waals surface area (Å²) in [5.74, 6) is 0.544. The van der Waals surface area contributed by atoms with E-state index in [1.165, 1.54) is 0 Å². The Labute approximate surface area is 128 Å². The van der Waals surface area contributed by atoms with Gasteiger partial charge in [-0.2, -0.15) is 4.98 Å². The Morgan fingerprint density at radius 3 is 2.75 bits per heavy atom. The van der Waals surface area contributed by atoms with Gasteiger partial charge in [0.05, 0.1) is 23.4 Å². The molecule has 0 unspecified atom stereocenters. The number of ether oxygens (including phenoxy) is 2. The lowest BCUT2D eigenvalue weighted by Gasteiger charge is -2.15. The van der Waals surface area contributed by atoms with Gasteiger partial charge in [0.2, 0.25) is 5.88 Å². The molecule has 0 amide bonds. The van der Waals surface area contributed by atoms with Crippen molar-refractivity contribution in [1.29, 1.82) is 0 Å². The average molecular weight is 358 g/mol. The highest BCUT2D eigenvalue weighted by Gasteiger charge is 2.13. The Kier molecular flexibility index (Phi) is 4.82. The highest BCUT2D eigenvalue weighted by molar-refractivity contribution is 9.10. The Hall–Kier alpha value is -0.923. The molecule has 7 heteroatoms. The molecule has 0 aliphatic carbocycles. The number of methoxy groups -OCH3 is 1. The molecular weight excluding hydrogens is 338 g/mol. The predicted octanol–water partition coefficient (Wildman–Crippen LogP) is 3.51. The molecule has 0 aliphatic heterocycles. The van der Waals surface area contributed by atoms with Crippen LogP contribution in [0.25, 0.3) is 11.2 Å². The van der Waals surface area contributed by atoms with Crippen LogP contribution in [-0.4, -0.2) is 36.3 Å². The molecule has 0 saturated carbocycles. The van der Waals surface area contributed by atoms with Gasteiger partial charge < -0.3 is 14.0 Å². The van der Waals surface area contributed by atoms with Gasteiger partial charge in [-0.3, -0.25) is 0 Å². The molecule has 0 fully saturated rings. The fourth-order valence-electron chi connectivity index (χ4n) is 1.73. The molecule has 0 bridgehead atoms. The van der Waals surface area contributed by atoms with Gasteiger partial charge in [-0.05, 0) is 28.0 Å². The minimum Gasteiger partial charge on any atom is -0.480 e. The van der Waals surface area contributed by atoms with Crippen molar-refractivity contribution < 1.29 is 9.47 Å². The molecule has 5 nitrogen and oxygen atoms in total. The van der Waals surface area contributed by atoms with Crippen LogP contribution in [0.1, 0.15) is 0 Å². The number of pyridine rings is 1. The van der Waals surface area contributed by atoms with E-state index in [0.717, 1.165) is 22.6 Å². The third kappa shape index (κ3) is 3.80. The molecule has 2 heterocycles. The maximum absolute atomic E-state index is 5.74. The van der Waals surface area contributed by atoms with E-state index < -0.39 is 8.07 Å². The Balaban J connectivity index is 2.06. The number of halogens is 1. The van der Waals surface area contributed by atoms with Crippen molar-refractivity contribution in [3.05, 3.63) is 16.9 Å². The molecule has 0 atom stereocenters. The zero-order chi connectivity index (χ0) is 14.8. The zero-order valence-electron chi connectivity index (χ0n) is 12.3. The summed E-state index contributed by atoms with van der Waals surface area (Å²) >= 11 is 3.44. The van der Waals surface area contributed by atoms with Gasteiger partial charge in [-0.25, -0.2) is 4.98 Å². The van der Waals surface area contributed by atoms with Crippen molar-refractivity contribution in [1.82, 2.24) is 14.5 Å². The maximum Gasteiger partial charge on any atom is 0.229 e. The van der Waals surface area contributed by atoms with Crippen molar-refractivity contribution in [3.8, 4) is 5.88 Å². The standard InChI is InChI=1S/C13H20BrN3O2Si/c1-18-13-10(14)7-11-12(16-13)15-8-17(11)9-19-5-6-20(2,3)4/h7-8H,5-6,9H2,1-4H3. The minimum absolute atomic E-state index is 0.501. The van der Waals surface area contributed by atoms with E-state index in [9.17, 15) is 0 Å². The van der Waals surface area contributed by atoms with Crippen molar-refractivity contribution in [2.24, 2.45) is 0 Å². The molecular formula is C13H20BrN3O2Si. The summed E-state index contributed by atoms with van der Waals surface area (Å²) in [5.41, 5.74) is 1.60. The number of rotatable bonds is 6. The fourth-order valence-corrected chi connectivity index (χ4v) is 2.96. The number of imidazole rings is 1. The second kappa shape index (κ2) is 6.24. The predicted molar refractivity (Wildman–Crippen MR) is 85.9 cm³/mol. The molecule has 0 spiro atoms. The minimum atomic E-state index is -1.04. The van der Waals surface area contributed by atoms with E-state index in [4.69, 9.17) is 9.47 Å². The maximum atomic E-state index is 5.74. The summed E-state index contributed by atoms with van der Waals surface area (Å²) in [5, 5.41) is 0. The average Bonchev–Trinajstić information content (AvgIpc) is 2.75. The van der Waals surface area contributed by atoms with Crippen LogP contribution in [0.3, 0.4) is 0 Å². The topological polar surface area (TPSA) is 49.2 Å². The molecule has 2 aromatic heterocycles. The first kappa shape index (κ1) is 15.5. The Bertz CT molecular complexity index is 595. The van der Waals surface area contributed by atoms with Crippen LogP contribution in [0, 0.1) is 0 Å². The highest BCUT2D eigenvalue weighted by Crippen LogP contribution is 2.26. The molecule has 20 heavy (non-hydrogen) atoms. The van der Waals surface area contributed by atoms with Crippen molar-refractivity contribution >= 4 is 35.2 Å². The van der Waals surface area contributed by atoms with E-state index in [1.807, 2.05) is 10.6 Å². The molecule has 0 saturated heterocycles. The monoisotopic (exact) mass is 357 g/mol. The molecule has 0 aromatic carbocycles. The zero-order valence-corrected chi connectivity index (χ0v) is 14.9. The molecule has 110 valence electrons. The van der Waals surface area contributed by atoms with Gasteiger partial charge in [-0.15, -0.1) is 0 Å². The van der Waals surface area contributed by atoms with Gasteiger partial charge in [-0.1, -0.05) is 19.6 Å². The summed E-state index contributed by atoms with van der Waals surface area (Å²) in [6, 6.07) is 3.12. The lowest BCUT2D eigenvalue weighted by Crippen LogP contribution is -2.21. The summed E-state index contributed by atoms with van der Waals surface area (Å²) < 4.78 is 13.7. The second-order valence-electron chi connectivity index (χ2n) is 5.88. The van der Waals surface area contributed by atoms with Crippen molar-refractivity contribution in [2.45, 2.75) is 32.4 Å². The normalized spacial score (nSPS) is 12.1. The number of aromatic nitrogens is 3. The first-order chi connectivity index (χ1) is 9.40. The van der Waals surface area contributed by atoms with E-state index in [1.54, 1.807) is 13.4 Å². The Morgan fingerprint density at radius 2 is 2.10 bits per heavy atom. The van der Waals surface area contributed by atoms with Crippen LogP contribution in [0.15, 0.2) is 16.9 Å². The number of hydrogen-bond donors (Lipinski definition) is 0. The first-order valence-electron chi connectivity index (χ1n) is 6.54. The third-order valence-electron chi connectivity index (χ3n) is 2.95. The second-order valence-corrected chi connectivity index (χ2v) is 12.4. The number of hydrogen-bond acceptors (Lipinski definition) is 4. The molecule has 0 radical (unpaired) electrons. The van der Waals surface area contributed by atoms with Gasteiger partial charge in [0, 0.05) is 14.7 Å². The lowest BCUT2D eigenvalue weighted by atomic mass is 10.4. The lowest BCUT2D eigenvalue weighted by molar-refractivity contribution is 0.0898. The van der Waals surface area contributed by atoms with Crippen LogP contribution in [0.4, 0.5) is 0 Å². The number of nitrogens with zero attached hydrogens (tertiary/aromatic N) is 3. The summed E-state index contributed by atoms with van der Waals surface area (Å²) in [4.78, 5) is 8.61. The molecule has 2 aromatic rings. The summed E-state index contributed by atoms with van der Waals surface area (Å²) in [6.07, 6.45) is 1.75. The van der Waals surface area contributed by atoms with E-state index in [2.05, 4.69) is 45.5 Å². The Morgan fingerprint density at radius 1 is 1.35 bits per heavy atom. The van der Waals surface area contributed by atoms with Gasteiger partial charge in [0.25, 0.3) is 0 Å². The first-order valence-corrected chi connectivity index (χ1v) is 11.0. The van der Waals surface area contributed by atoms with Crippen molar-refractivity contribution in [2.75, 3.05) is 13.7 Å². The molecule has 2 rings (SSSR count). The summed E-state index contributed by atoms with van der Waals surface area (Å²) in [6.45, 7) is 8.32. The van der Waals surface area contributed by atoms with Crippen LogP contribution >= 0.6 is 15.9 Å². The van der Waals surface area contributed by atoms with E-state index >= 15 is 0 Å². The molecule has 0 N–H and O–H groups in total. The van der Waals surface area contributed by atoms with Crippen LogP contribution in [-0.2, 0) is 11.5 Å². The smallest absolute Gasteiger partial charge is 0.229 e. The highest BCUT2D eigenvalue weighted by atomic mass is 79.9. The van der Waals surface area contributed by atoms with Gasteiger partial charge in [0.15, 0.2) is 5.65 Å². The van der Waals surface area contributed by atoms with Crippen LogP contribution in [0.5, 0.6) is 5.88 Å². The summed E-state index contributed by atoms with van der Waals surface area (Å²) in [7, 11) is 0.552. The quantitative estimate of drug-likeness (QED) is 0.586. The van der Waals surface area contributed by atoms with Gasteiger partial charge >= 0.3 is 0 Å². The van der Waals surface area contributed by atoms with Crippen molar-refractivity contribution in [3.63, 3.8) is 0 Å². The van der Waals surface area contributed by atoms with E-state index in [0.29, 0.717) is 18.3 Å². The largest absolute Gasteiger partial charge is 0.480 e. The van der Waals surface area contributed by atoms with Crippen LogP contribution < -0.4 is 4.74 Å². The third-order valence-corrected chi connectivity index (χ3v) is 5.23. The van der Waals surface area contributed by atoms with Crippen LogP contribution in [0.2, 0.25) is 25.7 Å². The van der Waals surface area contributed by atoms with Gasteiger partial charge in [0.1, 0.15) is 6.73 Å². The SMILES string of the molecule is COc1nc2ncn(COCC[Si](C)(C)C)c2cc1Br. The fraction of sp³-hybridized carbons (Fsp3) is 0.538.